The minimum Gasteiger partial charge on any atom is -0.368 e. The topological polar surface area (TPSA) is 32.5 Å². The SMILES string of the molecule is CC(CN)c1ccc(N2CCN(C)CC2)c(Cl)c1. The van der Waals surface area contributed by atoms with Crippen LogP contribution in [0.3, 0.4) is 0 Å². The van der Waals surface area contributed by atoms with Crippen molar-refractivity contribution in [3.8, 4) is 0 Å². The lowest BCUT2D eigenvalue weighted by Gasteiger charge is -2.34. The number of likely N-dealkylation sites (N-methyl/N-ethyl adjacent to an activating group) is 1. The molecule has 1 aromatic rings. The molecule has 2 rings (SSSR count). The lowest BCUT2D eigenvalue weighted by molar-refractivity contribution is 0.313. The first-order valence-corrected chi connectivity index (χ1v) is 6.92. The van der Waals surface area contributed by atoms with Gasteiger partial charge in [-0.3, -0.25) is 0 Å². The van der Waals surface area contributed by atoms with Gasteiger partial charge in [-0.25, -0.2) is 0 Å². The Morgan fingerprint density at radius 3 is 2.50 bits per heavy atom. The van der Waals surface area contributed by atoms with E-state index < -0.39 is 0 Å². The second-order valence-electron chi connectivity index (χ2n) is 5.14. The van der Waals surface area contributed by atoms with Crippen LogP contribution in [0, 0.1) is 0 Å². The molecule has 0 saturated carbocycles. The van der Waals surface area contributed by atoms with E-state index in [2.05, 4.69) is 42.0 Å². The summed E-state index contributed by atoms with van der Waals surface area (Å²) in [7, 11) is 2.16. The second-order valence-corrected chi connectivity index (χ2v) is 5.55. The lowest BCUT2D eigenvalue weighted by Crippen LogP contribution is -2.44. The first-order valence-electron chi connectivity index (χ1n) is 6.55. The molecule has 1 heterocycles. The van der Waals surface area contributed by atoms with E-state index >= 15 is 0 Å². The molecule has 0 spiro atoms. The van der Waals surface area contributed by atoms with Gasteiger partial charge in [0.15, 0.2) is 0 Å². The fourth-order valence-corrected chi connectivity index (χ4v) is 2.58. The molecule has 100 valence electrons. The first kappa shape index (κ1) is 13.7. The highest BCUT2D eigenvalue weighted by Crippen LogP contribution is 2.29. The van der Waals surface area contributed by atoms with Gasteiger partial charge in [-0.15, -0.1) is 0 Å². The maximum absolute atomic E-state index is 6.40. The quantitative estimate of drug-likeness (QED) is 0.911. The molecular weight excluding hydrogens is 246 g/mol. The van der Waals surface area contributed by atoms with Crippen molar-refractivity contribution in [2.75, 3.05) is 44.7 Å². The molecule has 1 aliphatic heterocycles. The van der Waals surface area contributed by atoms with Crippen LogP contribution in [-0.4, -0.2) is 44.7 Å². The second kappa shape index (κ2) is 5.91. The molecule has 0 aromatic heterocycles. The summed E-state index contributed by atoms with van der Waals surface area (Å²) in [6.07, 6.45) is 0. The third-order valence-electron chi connectivity index (χ3n) is 3.74. The van der Waals surface area contributed by atoms with Crippen molar-refractivity contribution in [1.82, 2.24) is 4.90 Å². The van der Waals surface area contributed by atoms with Crippen LogP contribution in [0.4, 0.5) is 5.69 Å². The third kappa shape index (κ3) is 2.97. The zero-order chi connectivity index (χ0) is 13.1. The van der Waals surface area contributed by atoms with E-state index in [1.54, 1.807) is 0 Å². The summed E-state index contributed by atoms with van der Waals surface area (Å²) < 4.78 is 0. The van der Waals surface area contributed by atoms with E-state index in [1.807, 2.05) is 0 Å². The number of nitrogens with two attached hydrogens (primary N) is 1. The van der Waals surface area contributed by atoms with Crippen molar-refractivity contribution >= 4 is 17.3 Å². The molecular formula is C14H22ClN3. The highest BCUT2D eigenvalue weighted by molar-refractivity contribution is 6.33. The Balaban J connectivity index is 2.14. The summed E-state index contributed by atoms with van der Waals surface area (Å²) in [6.45, 7) is 7.06. The molecule has 2 N–H and O–H groups in total. The lowest BCUT2D eigenvalue weighted by atomic mass is 10.0. The van der Waals surface area contributed by atoms with Crippen LogP contribution in [-0.2, 0) is 0 Å². The first-order chi connectivity index (χ1) is 8.61. The van der Waals surface area contributed by atoms with Gasteiger partial charge in [-0.2, -0.15) is 0 Å². The zero-order valence-corrected chi connectivity index (χ0v) is 12.0. The van der Waals surface area contributed by atoms with Gasteiger partial charge >= 0.3 is 0 Å². The molecule has 1 saturated heterocycles. The Kier molecular flexibility index (Phi) is 4.49. The van der Waals surface area contributed by atoms with Gasteiger partial charge in [-0.1, -0.05) is 24.6 Å². The minimum absolute atomic E-state index is 0.365. The van der Waals surface area contributed by atoms with E-state index in [0.29, 0.717) is 12.5 Å². The van der Waals surface area contributed by atoms with Crippen LogP contribution in [0.25, 0.3) is 0 Å². The summed E-state index contributed by atoms with van der Waals surface area (Å²) in [5.74, 6) is 0.365. The van der Waals surface area contributed by atoms with Gasteiger partial charge in [0.2, 0.25) is 0 Å². The third-order valence-corrected chi connectivity index (χ3v) is 4.04. The van der Waals surface area contributed by atoms with Gasteiger partial charge in [0, 0.05) is 26.2 Å². The molecule has 18 heavy (non-hydrogen) atoms. The Morgan fingerprint density at radius 2 is 1.94 bits per heavy atom. The van der Waals surface area contributed by atoms with Crippen LogP contribution in [0.2, 0.25) is 5.02 Å². The highest BCUT2D eigenvalue weighted by atomic mass is 35.5. The molecule has 4 heteroatoms. The van der Waals surface area contributed by atoms with Crippen molar-refractivity contribution in [3.05, 3.63) is 28.8 Å². The normalized spacial score (nSPS) is 19.0. The maximum atomic E-state index is 6.40. The summed E-state index contributed by atoms with van der Waals surface area (Å²) in [5.41, 5.74) is 8.06. The molecule has 0 aliphatic carbocycles. The van der Waals surface area contributed by atoms with Gasteiger partial charge < -0.3 is 15.5 Å². The number of halogens is 1. The smallest absolute Gasteiger partial charge is 0.0642 e. The molecule has 1 atom stereocenters. The standard InChI is InChI=1S/C14H22ClN3/c1-11(10-16)12-3-4-14(13(15)9-12)18-7-5-17(2)6-8-18/h3-4,9,11H,5-8,10,16H2,1-2H3. The summed E-state index contributed by atoms with van der Waals surface area (Å²) in [5, 5.41) is 0.845. The Bertz CT molecular complexity index is 400. The van der Waals surface area contributed by atoms with Crippen LogP contribution in [0.15, 0.2) is 18.2 Å². The molecule has 1 unspecified atom stereocenters. The maximum Gasteiger partial charge on any atom is 0.0642 e. The van der Waals surface area contributed by atoms with Crippen molar-refractivity contribution in [2.24, 2.45) is 5.73 Å². The number of nitrogens with zero attached hydrogens (tertiary/aromatic N) is 2. The Morgan fingerprint density at radius 1 is 1.28 bits per heavy atom. The fraction of sp³-hybridized carbons (Fsp3) is 0.571. The predicted octanol–water partition coefficient (Wildman–Crippen LogP) is 2.15. The van der Waals surface area contributed by atoms with Crippen LogP contribution in [0.5, 0.6) is 0 Å². The number of hydrogen-bond donors (Lipinski definition) is 1. The molecule has 1 aromatic carbocycles. The Hall–Kier alpha value is -0.770. The van der Waals surface area contributed by atoms with Crippen molar-refractivity contribution < 1.29 is 0 Å². The number of piperazine rings is 1. The molecule has 0 amide bonds. The van der Waals surface area contributed by atoms with E-state index in [4.69, 9.17) is 17.3 Å². The molecule has 1 fully saturated rings. The van der Waals surface area contributed by atoms with Gasteiger partial charge in [0.1, 0.15) is 0 Å². The van der Waals surface area contributed by atoms with Crippen molar-refractivity contribution in [2.45, 2.75) is 12.8 Å². The summed E-state index contributed by atoms with van der Waals surface area (Å²) in [4.78, 5) is 4.70. The molecule has 0 radical (unpaired) electrons. The summed E-state index contributed by atoms with van der Waals surface area (Å²) in [6, 6.07) is 6.35. The average molecular weight is 268 g/mol. The van der Waals surface area contributed by atoms with Gasteiger partial charge in [0.05, 0.1) is 10.7 Å². The highest BCUT2D eigenvalue weighted by Gasteiger charge is 2.17. The van der Waals surface area contributed by atoms with E-state index in [9.17, 15) is 0 Å². The molecule has 0 bridgehead atoms. The fourth-order valence-electron chi connectivity index (χ4n) is 2.27. The van der Waals surface area contributed by atoms with E-state index in [-0.39, 0.29) is 0 Å². The monoisotopic (exact) mass is 267 g/mol. The largest absolute Gasteiger partial charge is 0.368 e. The summed E-state index contributed by atoms with van der Waals surface area (Å²) >= 11 is 6.40. The average Bonchev–Trinajstić information content (AvgIpc) is 2.39. The molecule has 3 nitrogen and oxygen atoms in total. The van der Waals surface area contributed by atoms with E-state index in [1.165, 1.54) is 5.56 Å². The van der Waals surface area contributed by atoms with E-state index in [0.717, 1.165) is 36.9 Å². The Labute approximate surface area is 115 Å². The van der Waals surface area contributed by atoms with Crippen molar-refractivity contribution in [3.63, 3.8) is 0 Å². The number of hydrogen-bond acceptors (Lipinski definition) is 3. The van der Waals surface area contributed by atoms with Crippen LogP contribution >= 0.6 is 11.6 Å². The van der Waals surface area contributed by atoms with Crippen LogP contribution in [0.1, 0.15) is 18.4 Å². The van der Waals surface area contributed by atoms with Gasteiger partial charge in [0.25, 0.3) is 0 Å². The zero-order valence-electron chi connectivity index (χ0n) is 11.2. The van der Waals surface area contributed by atoms with Crippen molar-refractivity contribution in [1.29, 1.82) is 0 Å². The minimum atomic E-state index is 0.365. The van der Waals surface area contributed by atoms with Crippen LogP contribution < -0.4 is 10.6 Å². The number of anilines is 1. The predicted molar refractivity (Wildman–Crippen MR) is 78.6 cm³/mol. The van der Waals surface area contributed by atoms with Gasteiger partial charge in [-0.05, 0) is 37.2 Å². The number of benzene rings is 1. The number of rotatable bonds is 3. The molecule has 1 aliphatic rings.